The first-order valence-electron chi connectivity index (χ1n) is 13.9. The van der Waals surface area contributed by atoms with Gasteiger partial charge in [-0.25, -0.2) is 28.6 Å². The highest BCUT2D eigenvalue weighted by Gasteiger charge is 2.66. The molecule has 2 aromatic rings. The van der Waals surface area contributed by atoms with Crippen LogP contribution in [0.1, 0.15) is 12.6 Å². The van der Waals surface area contributed by atoms with E-state index in [4.69, 9.17) is 34.5 Å². The molecule has 272 valence electrons. The number of fused-ring (bicyclic) bond motifs is 2. The minimum atomic E-state index is -5.52. The maximum atomic E-state index is 12.6. The van der Waals surface area contributed by atoms with Crippen LogP contribution in [0, 0.1) is 0 Å². The Hall–Kier alpha value is -2.12. The molecule has 2 aromatic heterocycles. The van der Waals surface area contributed by atoms with Crippen LogP contribution in [-0.4, -0.2) is 131 Å². The molecule has 12 atom stereocenters. The molecule has 11 N–H and O–H groups in total. The van der Waals surface area contributed by atoms with Crippen LogP contribution in [0.15, 0.2) is 24.9 Å². The van der Waals surface area contributed by atoms with Crippen LogP contribution >= 0.6 is 35.2 Å². The number of nitrogens with zero attached hydrogens (tertiary/aromatic N) is 5. The minimum Gasteiger partial charge on any atom is -0.387 e. The van der Waals surface area contributed by atoms with Crippen molar-refractivity contribution in [3.8, 4) is 0 Å². The van der Waals surface area contributed by atoms with Gasteiger partial charge in [0.25, 0.3) is 0 Å². The summed E-state index contributed by atoms with van der Waals surface area (Å²) in [5.74, 6) is -0.629. The summed E-state index contributed by atoms with van der Waals surface area (Å²) in [5, 5.41) is 31.3. The lowest BCUT2D eigenvalue weighted by Gasteiger charge is -2.32. The second kappa shape index (κ2) is 13.1. The van der Waals surface area contributed by atoms with Gasteiger partial charge in [-0.2, -0.15) is 4.31 Å². The number of aromatic nitrogens is 4. The number of aliphatic hydroxyl groups is 3. The Kier molecular flexibility index (Phi) is 9.83. The summed E-state index contributed by atoms with van der Waals surface area (Å²) in [6.07, 6.45) is -7.22. The third-order valence-electron chi connectivity index (χ3n) is 7.92. The third kappa shape index (κ3) is 7.32. The van der Waals surface area contributed by atoms with E-state index in [-0.39, 0.29) is 17.0 Å². The van der Waals surface area contributed by atoms with Gasteiger partial charge in [0.05, 0.1) is 19.5 Å². The topological polar surface area (TPSA) is 364 Å². The maximum absolute atomic E-state index is 12.6. The van der Waals surface area contributed by atoms with Gasteiger partial charge in [-0.1, -0.05) is 6.08 Å². The molecule has 49 heavy (non-hydrogen) atoms. The second-order valence-electron chi connectivity index (χ2n) is 11.1. The summed E-state index contributed by atoms with van der Waals surface area (Å²) in [6, 6.07) is 0. The number of carbonyl (C=O) groups excluding carboxylic acids is 1. The highest BCUT2D eigenvalue weighted by molar-refractivity contribution is 8.09. The number of amides is 1. The first kappa shape index (κ1) is 36.7. The summed E-state index contributed by atoms with van der Waals surface area (Å²) < 4.78 is 66.7. The van der Waals surface area contributed by atoms with Gasteiger partial charge in [0.1, 0.15) is 58.6 Å². The predicted octanol–water partition coefficient (Wildman–Crippen LogP) is -2.64. The van der Waals surface area contributed by atoms with Crippen molar-refractivity contribution in [2.45, 2.75) is 65.6 Å². The van der Waals surface area contributed by atoms with E-state index >= 15 is 0 Å². The Morgan fingerprint density at radius 2 is 1.61 bits per heavy atom. The summed E-state index contributed by atoms with van der Waals surface area (Å²) in [6.45, 7) is -2.00. The minimum absolute atomic E-state index is 0.00732. The number of hydrogen-bond acceptors (Lipinski definition) is 19. The number of primary amides is 1. The van der Waals surface area contributed by atoms with E-state index < -0.39 is 102 Å². The highest BCUT2D eigenvalue weighted by Crippen LogP contribution is 2.62. The van der Waals surface area contributed by atoms with Gasteiger partial charge in [0.15, 0.2) is 23.9 Å². The molecule has 6 heterocycles. The van der Waals surface area contributed by atoms with Crippen molar-refractivity contribution >= 4 is 58.1 Å². The number of phosphoric ester groups is 3. The van der Waals surface area contributed by atoms with Crippen molar-refractivity contribution in [3.63, 3.8) is 0 Å². The molecule has 1 amide bonds. The van der Waals surface area contributed by atoms with Gasteiger partial charge in [-0.3, -0.25) is 22.9 Å². The van der Waals surface area contributed by atoms with E-state index in [1.165, 1.54) is 16.7 Å². The van der Waals surface area contributed by atoms with Crippen molar-refractivity contribution in [2.75, 3.05) is 18.9 Å². The molecular formula is C21H30N7O17P3S. The fourth-order valence-corrected chi connectivity index (χ4v) is 9.50. The highest BCUT2D eigenvalue weighted by atomic mass is 32.2. The summed E-state index contributed by atoms with van der Waals surface area (Å²) >= 11 is 1.22. The molecule has 0 aliphatic carbocycles. The summed E-state index contributed by atoms with van der Waals surface area (Å²) in [5.41, 5.74) is 11.3. The Bertz CT molecular complexity index is 1780. The maximum Gasteiger partial charge on any atom is 0.481 e. The number of nitrogen functional groups attached to an aromatic ring is 1. The SMILES string of the molecule is NC(=O)[C@@]12CC=CN([C@@H]3O[C@H](COP(=O)(O)OP(=O)(O)OC[C@H]4O[C@@H](n5cnc6c(N)ncnc65)[C@H](OP(=O)(O)O)[C@@H]4O)[C@@H](O)[C@H]3O)[C@@H]1S2. The molecule has 0 radical (unpaired) electrons. The zero-order chi connectivity index (χ0) is 35.7. The molecule has 0 saturated carbocycles. The summed E-state index contributed by atoms with van der Waals surface area (Å²) in [7, 11) is -16.3. The number of ether oxygens (including phenoxy) is 2. The molecule has 0 spiro atoms. The lowest BCUT2D eigenvalue weighted by atomic mass is 10.0. The van der Waals surface area contributed by atoms with Gasteiger partial charge >= 0.3 is 23.5 Å². The molecule has 0 bridgehead atoms. The molecule has 6 rings (SSSR count). The molecule has 0 aromatic carbocycles. The van der Waals surface area contributed by atoms with Gasteiger partial charge in [0, 0.05) is 0 Å². The zero-order valence-electron chi connectivity index (χ0n) is 24.5. The molecule has 3 fully saturated rings. The molecule has 4 aliphatic heterocycles. The van der Waals surface area contributed by atoms with Crippen LogP contribution in [0.3, 0.4) is 0 Å². The third-order valence-corrected chi connectivity index (χ3v) is 12.7. The first-order chi connectivity index (χ1) is 22.8. The lowest BCUT2D eigenvalue weighted by molar-refractivity contribution is -0.122. The number of thioether (sulfide) groups is 1. The Balaban J connectivity index is 1.06. The lowest BCUT2D eigenvalue weighted by Crippen LogP contribution is -2.48. The van der Waals surface area contributed by atoms with E-state index in [0.717, 1.165) is 17.2 Å². The van der Waals surface area contributed by atoms with E-state index in [9.17, 15) is 53.4 Å². The van der Waals surface area contributed by atoms with Crippen LogP contribution in [-0.2, 0) is 45.8 Å². The average Bonchev–Trinajstić information content (AvgIpc) is 3.38. The number of carbonyl (C=O) groups is 1. The van der Waals surface area contributed by atoms with Crippen LogP contribution in [0.4, 0.5) is 5.82 Å². The first-order valence-corrected chi connectivity index (χ1v) is 19.3. The molecule has 3 saturated heterocycles. The normalized spacial score (nSPS) is 36.8. The average molecular weight is 777 g/mol. The Morgan fingerprint density at radius 1 is 0.980 bits per heavy atom. The number of allylic oxidation sites excluding steroid dienone is 1. The van der Waals surface area contributed by atoms with Crippen molar-refractivity contribution < 1.29 is 80.7 Å². The van der Waals surface area contributed by atoms with E-state index in [1.807, 2.05) is 0 Å². The quantitative estimate of drug-likeness (QED) is 0.0741. The van der Waals surface area contributed by atoms with Crippen molar-refractivity contribution in [2.24, 2.45) is 5.73 Å². The molecular weight excluding hydrogens is 747 g/mol. The zero-order valence-corrected chi connectivity index (χ0v) is 28.0. The number of phosphoric acid groups is 3. The number of anilines is 1. The van der Waals surface area contributed by atoms with Crippen LogP contribution in [0.2, 0.25) is 0 Å². The van der Waals surface area contributed by atoms with Crippen LogP contribution in [0.5, 0.6) is 0 Å². The van der Waals surface area contributed by atoms with Crippen LogP contribution in [0.25, 0.3) is 11.2 Å². The largest absolute Gasteiger partial charge is 0.481 e. The smallest absolute Gasteiger partial charge is 0.387 e. The molecule has 4 aliphatic rings. The fourth-order valence-electron chi connectivity index (χ4n) is 5.58. The van der Waals surface area contributed by atoms with Crippen LogP contribution < -0.4 is 11.5 Å². The van der Waals surface area contributed by atoms with Gasteiger partial charge in [-0.05, 0) is 12.6 Å². The number of hydrogen-bond donors (Lipinski definition) is 9. The van der Waals surface area contributed by atoms with Crippen molar-refractivity contribution in [3.05, 3.63) is 24.9 Å². The van der Waals surface area contributed by atoms with E-state index in [0.29, 0.717) is 6.42 Å². The van der Waals surface area contributed by atoms with Crippen molar-refractivity contribution in [1.82, 2.24) is 24.4 Å². The standard InChI is InChI=1S/C21H30N7O17P3S/c22-15-10-16(25-6-24-15)28(7-26-10)18-14(44-46(33,34)35)12(30)9(43-18)5-41-48(38,39)45-47(36,37)40-4-8-11(29)13(31)17(42-8)27-3-1-2-21(19(23)32)20(27)49-21/h1,3,6-9,11-14,17-18,20,29-31H,2,4-5H2,(H2,23,32)(H,36,37)(H,38,39)(H2,22,24,25)(H2,33,34,35)/t8-,9-,11-,12-,13-,14-,17-,18-,20-,21+/m1/s1. The van der Waals surface area contributed by atoms with Crippen molar-refractivity contribution in [1.29, 1.82) is 0 Å². The predicted molar refractivity (Wildman–Crippen MR) is 159 cm³/mol. The number of imidazole rings is 1. The van der Waals surface area contributed by atoms with E-state index in [1.54, 1.807) is 12.3 Å². The fraction of sp³-hybridized carbons (Fsp3) is 0.619. The number of rotatable bonds is 13. The van der Waals surface area contributed by atoms with Gasteiger partial charge < -0.3 is 60.7 Å². The molecule has 28 heteroatoms. The van der Waals surface area contributed by atoms with Gasteiger partial charge in [-0.15, -0.1) is 11.8 Å². The second-order valence-corrected chi connectivity index (χ2v) is 16.8. The molecule has 2 unspecified atom stereocenters. The number of nitrogens with two attached hydrogens (primary N) is 2. The van der Waals surface area contributed by atoms with E-state index in [2.05, 4.69) is 19.3 Å². The molecule has 24 nitrogen and oxygen atoms in total. The summed E-state index contributed by atoms with van der Waals surface area (Å²) in [4.78, 5) is 64.2. The van der Waals surface area contributed by atoms with Gasteiger partial charge in [0.2, 0.25) is 5.91 Å². The monoisotopic (exact) mass is 777 g/mol. The number of aliphatic hydroxyl groups excluding tert-OH is 3. The Labute approximate surface area is 278 Å². The Morgan fingerprint density at radius 3 is 2.24 bits per heavy atom.